The van der Waals surface area contributed by atoms with Gasteiger partial charge in [-0.1, -0.05) is 10.4 Å². The number of halogens is 3. The lowest BCUT2D eigenvalue weighted by molar-refractivity contribution is -0.192. The first kappa shape index (κ1) is 22.7. The summed E-state index contributed by atoms with van der Waals surface area (Å²) in [5, 5.41) is 27.2. The molecule has 3 aliphatic heterocycles. The fraction of sp³-hybridized carbons (Fsp3) is 0.700. The summed E-state index contributed by atoms with van der Waals surface area (Å²) < 4.78 is 39.2. The van der Waals surface area contributed by atoms with Crippen molar-refractivity contribution in [1.82, 2.24) is 30.8 Å². The molecular weight excluding hydrogens is 429 g/mol. The normalized spacial score (nSPS) is 25.9. The minimum Gasteiger partial charge on any atom is -0.475 e. The molecule has 0 radical (unpaired) electrons. The van der Waals surface area contributed by atoms with Crippen LogP contribution in [-0.4, -0.2) is 63.1 Å². The van der Waals surface area contributed by atoms with E-state index in [-0.39, 0.29) is 0 Å². The van der Waals surface area contributed by atoms with Crippen LogP contribution in [0.1, 0.15) is 61.1 Å². The van der Waals surface area contributed by atoms with Crippen molar-refractivity contribution in [3.05, 3.63) is 29.4 Å². The van der Waals surface area contributed by atoms with Crippen molar-refractivity contribution < 1.29 is 27.6 Å². The predicted octanol–water partition coefficient (Wildman–Crippen LogP) is 2.27. The number of alkyl halides is 3. The standard InChI is InChI=1S/C18H26N6O.C2HF3O2/c1-2-16-15(7-12(1)9-20-16)18-11-24(23-21-18)10-14-8-17(22-25-14)13-3-5-19-6-4-13;3-2(4,5)1(6)7/h8,11-13,15-16,19-20H,1-7,9-10H2;(H,6,7). The molecule has 1 aliphatic carbocycles. The van der Waals surface area contributed by atoms with Crippen molar-refractivity contribution in [3.63, 3.8) is 0 Å². The van der Waals surface area contributed by atoms with Crippen molar-refractivity contribution >= 4 is 5.97 Å². The van der Waals surface area contributed by atoms with Crippen molar-refractivity contribution in [1.29, 1.82) is 0 Å². The van der Waals surface area contributed by atoms with Gasteiger partial charge in [0.15, 0.2) is 5.76 Å². The molecule has 9 nitrogen and oxygen atoms in total. The maximum absolute atomic E-state index is 10.6. The van der Waals surface area contributed by atoms with Crippen molar-refractivity contribution in [3.8, 4) is 0 Å². The van der Waals surface area contributed by atoms with Crippen LogP contribution in [0.3, 0.4) is 0 Å². The van der Waals surface area contributed by atoms with Crippen molar-refractivity contribution in [2.45, 2.75) is 62.7 Å². The molecule has 1 saturated carbocycles. The van der Waals surface area contributed by atoms with E-state index in [1.54, 1.807) is 0 Å². The zero-order chi connectivity index (χ0) is 22.7. The average Bonchev–Trinajstić information content (AvgIpc) is 3.45. The molecule has 4 aliphatic rings. The van der Waals surface area contributed by atoms with Crippen LogP contribution in [0.4, 0.5) is 13.2 Å². The molecular formula is C20H27F3N6O3. The van der Waals surface area contributed by atoms with Crippen molar-refractivity contribution in [2.75, 3.05) is 19.6 Å². The molecule has 5 heterocycles. The highest BCUT2D eigenvalue weighted by Gasteiger charge is 2.38. The maximum Gasteiger partial charge on any atom is 0.490 e. The number of carbonyl (C=O) groups is 1. The molecule has 3 unspecified atom stereocenters. The van der Waals surface area contributed by atoms with Crippen LogP contribution in [0.15, 0.2) is 16.8 Å². The topological polar surface area (TPSA) is 118 Å². The Bertz CT molecular complexity index is 901. The first-order chi connectivity index (χ1) is 15.3. The molecule has 3 saturated heterocycles. The van der Waals surface area contributed by atoms with Gasteiger partial charge in [-0.15, -0.1) is 5.10 Å². The summed E-state index contributed by atoms with van der Waals surface area (Å²) in [6.45, 7) is 3.92. The predicted molar refractivity (Wildman–Crippen MR) is 106 cm³/mol. The first-order valence-electron chi connectivity index (χ1n) is 10.9. The van der Waals surface area contributed by atoms with Gasteiger partial charge in [0, 0.05) is 30.1 Å². The molecule has 2 bridgehead atoms. The van der Waals surface area contributed by atoms with E-state index in [1.807, 2.05) is 4.68 Å². The molecule has 2 aromatic heterocycles. The van der Waals surface area contributed by atoms with Crippen molar-refractivity contribution in [2.24, 2.45) is 5.92 Å². The smallest absolute Gasteiger partial charge is 0.475 e. The number of fused-ring (bicyclic) bond motifs is 3. The van der Waals surface area contributed by atoms with Crippen LogP contribution in [0, 0.1) is 5.92 Å². The molecule has 12 heteroatoms. The van der Waals surface area contributed by atoms with E-state index in [0.29, 0.717) is 24.4 Å². The van der Waals surface area contributed by atoms with Gasteiger partial charge in [0.2, 0.25) is 0 Å². The highest BCUT2D eigenvalue weighted by Crippen LogP contribution is 2.39. The van der Waals surface area contributed by atoms with Crippen LogP contribution in [0.2, 0.25) is 0 Å². The van der Waals surface area contributed by atoms with Gasteiger partial charge in [0.25, 0.3) is 0 Å². The fourth-order valence-electron chi connectivity index (χ4n) is 4.77. The van der Waals surface area contributed by atoms with Crippen LogP contribution in [0.5, 0.6) is 0 Å². The summed E-state index contributed by atoms with van der Waals surface area (Å²) >= 11 is 0. The van der Waals surface area contributed by atoms with Gasteiger partial charge in [-0.3, -0.25) is 0 Å². The molecule has 0 aromatic carbocycles. The largest absolute Gasteiger partial charge is 0.490 e. The summed E-state index contributed by atoms with van der Waals surface area (Å²) in [5.74, 6) is -0.0436. The zero-order valence-electron chi connectivity index (χ0n) is 17.5. The molecule has 4 fully saturated rings. The van der Waals surface area contributed by atoms with Gasteiger partial charge in [-0.2, -0.15) is 13.2 Å². The summed E-state index contributed by atoms with van der Waals surface area (Å²) in [7, 11) is 0. The van der Waals surface area contributed by atoms with Gasteiger partial charge in [0.1, 0.15) is 6.54 Å². The second kappa shape index (κ2) is 9.57. The second-order valence-corrected chi connectivity index (χ2v) is 8.69. The number of carboxylic acids is 1. The van der Waals surface area contributed by atoms with Gasteiger partial charge < -0.3 is 20.3 Å². The second-order valence-electron chi connectivity index (χ2n) is 8.69. The number of piperidine rings is 3. The van der Waals surface area contributed by atoms with Gasteiger partial charge in [-0.05, 0) is 57.7 Å². The Hall–Kier alpha value is -2.47. The van der Waals surface area contributed by atoms with E-state index >= 15 is 0 Å². The molecule has 0 spiro atoms. The Morgan fingerprint density at radius 3 is 2.56 bits per heavy atom. The lowest BCUT2D eigenvalue weighted by Gasteiger charge is -2.42. The Labute approximate surface area is 182 Å². The third-order valence-corrected chi connectivity index (χ3v) is 6.46. The molecule has 3 N–H and O–H groups in total. The summed E-state index contributed by atoms with van der Waals surface area (Å²) in [6, 6.07) is 2.67. The summed E-state index contributed by atoms with van der Waals surface area (Å²) in [5.41, 5.74) is 2.21. The summed E-state index contributed by atoms with van der Waals surface area (Å²) in [6.07, 6.45) is 3.16. The SMILES string of the molecule is O=C(O)C(F)(F)F.c1c(C2CCNCC2)noc1Cn1cc(C2CC3CCC2NC3)nn1. The maximum atomic E-state index is 10.6. The van der Waals surface area contributed by atoms with Gasteiger partial charge >= 0.3 is 12.1 Å². The molecule has 2 aromatic rings. The Balaban J connectivity index is 0.000000307. The molecule has 0 amide bonds. The van der Waals surface area contributed by atoms with E-state index in [1.165, 1.54) is 25.8 Å². The molecule has 32 heavy (non-hydrogen) atoms. The van der Waals surface area contributed by atoms with Crippen LogP contribution in [0.25, 0.3) is 0 Å². The highest BCUT2D eigenvalue weighted by molar-refractivity contribution is 5.73. The highest BCUT2D eigenvalue weighted by atomic mass is 19.4. The average molecular weight is 456 g/mol. The zero-order valence-corrected chi connectivity index (χ0v) is 17.5. The number of rotatable bonds is 4. The Morgan fingerprint density at radius 1 is 1.22 bits per heavy atom. The number of carboxylic acid groups (broad SMARTS) is 1. The van der Waals surface area contributed by atoms with E-state index in [2.05, 4.69) is 38.4 Å². The number of nitrogens with zero attached hydrogens (tertiary/aromatic N) is 4. The Kier molecular flexibility index (Phi) is 6.79. The Morgan fingerprint density at radius 2 is 1.97 bits per heavy atom. The van der Waals surface area contributed by atoms with Gasteiger partial charge in [0.05, 0.1) is 11.4 Å². The third-order valence-electron chi connectivity index (χ3n) is 6.46. The lowest BCUT2D eigenvalue weighted by atomic mass is 9.73. The van der Waals surface area contributed by atoms with Crippen LogP contribution in [-0.2, 0) is 11.3 Å². The number of hydrogen-bond acceptors (Lipinski definition) is 7. The van der Waals surface area contributed by atoms with E-state index in [4.69, 9.17) is 14.4 Å². The minimum atomic E-state index is -5.08. The monoisotopic (exact) mass is 456 g/mol. The molecule has 3 atom stereocenters. The van der Waals surface area contributed by atoms with E-state index in [0.717, 1.165) is 49.0 Å². The quantitative estimate of drug-likeness (QED) is 0.641. The molecule has 6 rings (SSSR count). The lowest BCUT2D eigenvalue weighted by Crippen LogP contribution is -2.49. The molecule has 176 valence electrons. The van der Waals surface area contributed by atoms with E-state index < -0.39 is 12.1 Å². The number of aliphatic carboxylic acids is 1. The third kappa shape index (κ3) is 5.47. The summed E-state index contributed by atoms with van der Waals surface area (Å²) in [4.78, 5) is 8.90. The number of aromatic nitrogens is 4. The first-order valence-corrected chi connectivity index (χ1v) is 10.9. The number of nitrogens with one attached hydrogen (secondary N) is 2. The van der Waals surface area contributed by atoms with Crippen LogP contribution < -0.4 is 10.6 Å². The van der Waals surface area contributed by atoms with Crippen LogP contribution >= 0.6 is 0 Å². The number of hydrogen-bond donors (Lipinski definition) is 3. The fourth-order valence-corrected chi connectivity index (χ4v) is 4.77. The van der Waals surface area contributed by atoms with E-state index in [9.17, 15) is 13.2 Å². The minimum absolute atomic E-state index is 0.515. The van der Waals surface area contributed by atoms with Gasteiger partial charge in [-0.25, -0.2) is 9.48 Å².